The number of fused-ring (bicyclic) bond motifs is 3. The van der Waals surface area contributed by atoms with Gasteiger partial charge in [-0.25, -0.2) is 14.8 Å². The first-order valence-corrected chi connectivity index (χ1v) is 9.54. The minimum atomic E-state index is -0.475. The molecule has 4 rings (SSSR count). The van der Waals surface area contributed by atoms with Gasteiger partial charge < -0.3 is 15.8 Å². The average Bonchev–Trinajstić information content (AvgIpc) is 3.05. The van der Waals surface area contributed by atoms with E-state index < -0.39 is 6.09 Å². The largest absolute Gasteiger partial charge is 0.449 e. The van der Waals surface area contributed by atoms with Gasteiger partial charge in [0.05, 0.1) is 0 Å². The number of anilines is 1. The number of amides is 1. The number of hydrogen-bond acceptors (Lipinski definition) is 5. The summed E-state index contributed by atoms with van der Waals surface area (Å²) in [6, 6.07) is 16.4. The maximum atomic E-state index is 12.1. The molecule has 0 spiro atoms. The lowest BCUT2D eigenvalue weighted by molar-refractivity contribution is 0.144. The lowest BCUT2D eigenvalue weighted by Crippen LogP contribution is -2.26. The van der Waals surface area contributed by atoms with Gasteiger partial charge in [-0.15, -0.1) is 0 Å². The van der Waals surface area contributed by atoms with Crippen molar-refractivity contribution >= 4 is 29.6 Å². The monoisotopic (exact) mass is 406 g/mol. The summed E-state index contributed by atoms with van der Waals surface area (Å²) in [5.74, 6) is 0.317. The fourth-order valence-electron chi connectivity index (χ4n) is 3.49. The molecule has 29 heavy (non-hydrogen) atoms. The summed E-state index contributed by atoms with van der Waals surface area (Å²) in [5, 5.41) is 2.79. The van der Waals surface area contributed by atoms with E-state index >= 15 is 0 Å². The molecule has 1 amide bonds. The van der Waals surface area contributed by atoms with Gasteiger partial charge in [-0.2, -0.15) is 0 Å². The summed E-state index contributed by atoms with van der Waals surface area (Å²) in [4.78, 5) is 19.9. The Morgan fingerprint density at radius 3 is 2.45 bits per heavy atom. The molecule has 3 aromatic rings. The highest BCUT2D eigenvalue weighted by Gasteiger charge is 2.28. The van der Waals surface area contributed by atoms with Gasteiger partial charge in [0.1, 0.15) is 12.4 Å². The molecule has 0 saturated heterocycles. The zero-order chi connectivity index (χ0) is 20.2. The van der Waals surface area contributed by atoms with Gasteiger partial charge in [-0.1, -0.05) is 60.7 Å². The molecule has 1 heterocycles. The zero-order valence-corrected chi connectivity index (χ0v) is 16.3. The summed E-state index contributed by atoms with van der Waals surface area (Å²) >= 11 is 5.67. The number of ether oxygens (including phenoxy) is 1. The molecule has 146 valence electrons. The molecule has 0 saturated carbocycles. The Balaban J connectivity index is 1.34. The van der Waals surface area contributed by atoms with E-state index in [0.29, 0.717) is 12.1 Å². The van der Waals surface area contributed by atoms with Crippen LogP contribution in [0.25, 0.3) is 17.2 Å². The Hall–Kier alpha value is -3.38. The third-order valence-corrected chi connectivity index (χ3v) is 5.01. The van der Waals surface area contributed by atoms with E-state index in [2.05, 4.69) is 39.6 Å². The molecule has 1 aliphatic carbocycles. The van der Waals surface area contributed by atoms with Crippen LogP contribution in [0.1, 0.15) is 22.6 Å². The van der Waals surface area contributed by atoms with Gasteiger partial charge >= 0.3 is 6.09 Å². The van der Waals surface area contributed by atoms with Crippen LogP contribution in [0.15, 0.2) is 60.8 Å². The van der Waals surface area contributed by atoms with E-state index in [4.69, 9.17) is 22.1 Å². The molecule has 0 unspecified atom stereocenters. The van der Waals surface area contributed by atoms with Crippen LogP contribution < -0.4 is 11.1 Å². The summed E-state index contributed by atoms with van der Waals surface area (Å²) in [5.41, 5.74) is 11.1. The van der Waals surface area contributed by atoms with E-state index in [-0.39, 0.29) is 23.6 Å². The van der Waals surface area contributed by atoms with E-state index in [1.54, 1.807) is 12.2 Å². The predicted octanol–water partition coefficient (Wildman–Crippen LogP) is 4.26. The van der Waals surface area contributed by atoms with E-state index in [1.807, 2.05) is 24.3 Å². The Bertz CT molecular complexity index is 1040. The van der Waals surface area contributed by atoms with Crippen LogP contribution in [0.4, 0.5) is 10.6 Å². The average molecular weight is 407 g/mol. The molecule has 0 atom stereocenters. The van der Waals surface area contributed by atoms with Gasteiger partial charge in [0.25, 0.3) is 0 Å². The van der Waals surface area contributed by atoms with Crippen LogP contribution in [-0.4, -0.2) is 29.2 Å². The maximum Gasteiger partial charge on any atom is 0.407 e. The van der Waals surface area contributed by atoms with Gasteiger partial charge in [-0.05, 0) is 33.9 Å². The standard InChI is InChI=1S/C22H19ClN4O2/c23-21-26-12-14(20(24)27-21)6-5-11-25-22(28)29-13-19-17-9-3-1-7-15(17)16-8-2-4-10-18(16)19/h1-10,12,19H,11,13H2,(H,25,28)(H2,24,26,27). The summed E-state index contributed by atoms with van der Waals surface area (Å²) < 4.78 is 5.48. The Kier molecular flexibility index (Phi) is 5.44. The topological polar surface area (TPSA) is 90.1 Å². The molecule has 3 N–H and O–H groups in total. The van der Waals surface area contributed by atoms with Gasteiger partial charge in [0.2, 0.25) is 5.28 Å². The number of hydrogen-bond donors (Lipinski definition) is 2. The molecule has 0 radical (unpaired) electrons. The second kappa shape index (κ2) is 8.32. The first-order chi connectivity index (χ1) is 14.1. The molecule has 0 bridgehead atoms. The number of nitrogens with two attached hydrogens (primary N) is 1. The van der Waals surface area contributed by atoms with Crippen molar-refractivity contribution in [3.8, 4) is 11.1 Å². The highest BCUT2D eigenvalue weighted by Crippen LogP contribution is 2.44. The second-order valence-corrected chi connectivity index (χ2v) is 6.93. The number of nitrogens with one attached hydrogen (secondary N) is 1. The quantitative estimate of drug-likeness (QED) is 0.618. The normalized spacial score (nSPS) is 12.6. The number of carbonyl (C=O) groups is 1. The SMILES string of the molecule is Nc1nc(Cl)ncc1C=CCNC(=O)OCC1c2ccccc2-c2ccccc21. The third kappa shape index (κ3) is 4.07. The minimum absolute atomic E-state index is 0.0368. The van der Waals surface area contributed by atoms with Crippen molar-refractivity contribution in [1.29, 1.82) is 0 Å². The van der Waals surface area contributed by atoms with Crippen molar-refractivity contribution in [2.24, 2.45) is 0 Å². The molecule has 1 aromatic heterocycles. The Morgan fingerprint density at radius 2 is 1.79 bits per heavy atom. The van der Waals surface area contributed by atoms with Gasteiger partial charge in [0, 0.05) is 24.2 Å². The summed E-state index contributed by atoms with van der Waals surface area (Å²) in [6.07, 6.45) is 4.51. The van der Waals surface area contributed by atoms with Crippen molar-refractivity contribution < 1.29 is 9.53 Å². The molecule has 6 nitrogen and oxygen atoms in total. The molecule has 0 aliphatic heterocycles. The van der Waals surface area contributed by atoms with E-state index in [1.165, 1.54) is 28.5 Å². The van der Waals surface area contributed by atoms with Crippen molar-refractivity contribution in [2.45, 2.75) is 5.92 Å². The number of rotatable bonds is 5. The minimum Gasteiger partial charge on any atom is -0.449 e. The zero-order valence-electron chi connectivity index (χ0n) is 15.5. The highest BCUT2D eigenvalue weighted by atomic mass is 35.5. The first kappa shape index (κ1) is 19.0. The van der Waals surface area contributed by atoms with Gasteiger partial charge in [0.15, 0.2) is 0 Å². The lowest BCUT2D eigenvalue weighted by Gasteiger charge is -2.14. The Labute approximate surface area is 173 Å². The number of halogens is 1. The van der Waals surface area contributed by atoms with E-state index in [9.17, 15) is 4.79 Å². The van der Waals surface area contributed by atoms with Crippen LogP contribution in [0.5, 0.6) is 0 Å². The number of aromatic nitrogens is 2. The van der Waals surface area contributed by atoms with Crippen LogP contribution in [0.2, 0.25) is 5.28 Å². The van der Waals surface area contributed by atoms with Crippen molar-refractivity contribution in [3.05, 3.63) is 82.8 Å². The lowest BCUT2D eigenvalue weighted by atomic mass is 9.98. The van der Waals surface area contributed by atoms with Crippen molar-refractivity contribution in [3.63, 3.8) is 0 Å². The van der Waals surface area contributed by atoms with Crippen LogP contribution in [0, 0.1) is 0 Å². The fraction of sp³-hybridized carbons (Fsp3) is 0.136. The number of alkyl carbamates (subject to hydrolysis) is 1. The summed E-state index contributed by atoms with van der Waals surface area (Å²) in [7, 11) is 0. The predicted molar refractivity (Wildman–Crippen MR) is 114 cm³/mol. The van der Waals surface area contributed by atoms with Gasteiger partial charge in [-0.3, -0.25) is 0 Å². The van der Waals surface area contributed by atoms with Crippen LogP contribution in [-0.2, 0) is 4.74 Å². The number of benzene rings is 2. The van der Waals surface area contributed by atoms with E-state index in [0.717, 1.165) is 0 Å². The Morgan fingerprint density at radius 1 is 1.14 bits per heavy atom. The molecule has 1 aliphatic rings. The van der Waals surface area contributed by atoms with Crippen molar-refractivity contribution in [1.82, 2.24) is 15.3 Å². The second-order valence-electron chi connectivity index (χ2n) is 6.59. The molecular formula is C22H19ClN4O2. The third-order valence-electron chi connectivity index (χ3n) is 4.82. The molecular weight excluding hydrogens is 388 g/mol. The number of nitrogen functional groups attached to an aromatic ring is 1. The van der Waals surface area contributed by atoms with Crippen LogP contribution >= 0.6 is 11.6 Å². The molecule has 0 fully saturated rings. The number of carbonyl (C=O) groups excluding carboxylic acids is 1. The highest BCUT2D eigenvalue weighted by molar-refractivity contribution is 6.28. The molecule has 2 aromatic carbocycles. The summed E-state index contributed by atoms with van der Waals surface area (Å²) in [6.45, 7) is 0.570. The fourth-order valence-corrected chi connectivity index (χ4v) is 3.63. The first-order valence-electron chi connectivity index (χ1n) is 9.17. The number of nitrogens with zero attached hydrogens (tertiary/aromatic N) is 2. The smallest absolute Gasteiger partial charge is 0.407 e. The van der Waals surface area contributed by atoms with Crippen LogP contribution in [0.3, 0.4) is 0 Å². The van der Waals surface area contributed by atoms with Crippen molar-refractivity contribution in [2.75, 3.05) is 18.9 Å². The maximum absolute atomic E-state index is 12.1. The molecule has 7 heteroatoms.